The van der Waals surface area contributed by atoms with Gasteiger partial charge in [0.15, 0.2) is 0 Å². The van der Waals surface area contributed by atoms with Crippen LogP contribution in [0.15, 0.2) is 30.3 Å². The van der Waals surface area contributed by atoms with Gasteiger partial charge in [-0.3, -0.25) is 4.79 Å². The molecule has 3 nitrogen and oxygen atoms in total. The summed E-state index contributed by atoms with van der Waals surface area (Å²) < 4.78 is 13.4. The number of hydrogen-bond donors (Lipinski definition) is 1. The number of carbonyl (C=O) groups is 1. The van der Waals surface area contributed by atoms with Crippen LogP contribution in [0.1, 0.15) is 25.3 Å². The normalized spacial score (nSPS) is 18.8. The van der Waals surface area contributed by atoms with Gasteiger partial charge in [0.25, 0.3) is 0 Å². The van der Waals surface area contributed by atoms with Crippen molar-refractivity contribution in [2.24, 2.45) is 0 Å². The first-order valence-electron chi connectivity index (χ1n) is 6.42. The van der Waals surface area contributed by atoms with Gasteiger partial charge in [-0.2, -0.15) is 0 Å². The Labute approximate surface area is 112 Å². The van der Waals surface area contributed by atoms with E-state index in [1.54, 1.807) is 30.0 Å². The first-order chi connectivity index (χ1) is 8.98. The molecule has 0 spiro atoms. The predicted molar refractivity (Wildman–Crippen MR) is 71.9 cm³/mol. The number of carbonyl (C=O) groups excluding carboxylic acids is 1. The van der Waals surface area contributed by atoms with Gasteiger partial charge in [-0.15, -0.1) is 0 Å². The maximum absolute atomic E-state index is 13.4. The van der Waals surface area contributed by atoms with E-state index in [1.807, 2.05) is 0 Å². The zero-order chi connectivity index (χ0) is 13.9. The summed E-state index contributed by atoms with van der Waals surface area (Å²) in [7, 11) is 0. The molecule has 0 aromatic heterocycles. The summed E-state index contributed by atoms with van der Waals surface area (Å²) in [6.07, 6.45) is 4.03. The van der Waals surface area contributed by atoms with E-state index in [1.165, 1.54) is 18.2 Å². The Morgan fingerprint density at radius 3 is 2.63 bits per heavy atom. The van der Waals surface area contributed by atoms with Gasteiger partial charge in [-0.1, -0.05) is 18.2 Å². The third-order valence-corrected chi connectivity index (χ3v) is 3.46. The van der Waals surface area contributed by atoms with Gasteiger partial charge in [0.2, 0.25) is 5.91 Å². The number of amides is 1. The van der Waals surface area contributed by atoms with E-state index in [2.05, 4.69) is 0 Å². The van der Waals surface area contributed by atoms with Crippen LogP contribution in [-0.2, 0) is 4.79 Å². The summed E-state index contributed by atoms with van der Waals surface area (Å²) >= 11 is 0. The van der Waals surface area contributed by atoms with Crippen LogP contribution in [0.2, 0.25) is 0 Å². The zero-order valence-corrected chi connectivity index (χ0v) is 11.0. The smallest absolute Gasteiger partial charge is 0.246 e. The van der Waals surface area contributed by atoms with Crippen LogP contribution in [-0.4, -0.2) is 34.6 Å². The molecular formula is C15H18FNO2. The molecule has 1 aromatic rings. The van der Waals surface area contributed by atoms with E-state index in [4.69, 9.17) is 0 Å². The van der Waals surface area contributed by atoms with Crippen LogP contribution >= 0.6 is 0 Å². The van der Waals surface area contributed by atoms with Crippen molar-refractivity contribution in [2.45, 2.75) is 25.4 Å². The molecule has 1 aromatic carbocycles. The minimum atomic E-state index is -0.675. The van der Waals surface area contributed by atoms with Crippen LogP contribution in [0.3, 0.4) is 0 Å². The Balaban J connectivity index is 1.97. The maximum atomic E-state index is 13.4. The number of aliphatic hydroxyl groups is 1. The lowest BCUT2D eigenvalue weighted by Crippen LogP contribution is -2.44. The summed E-state index contributed by atoms with van der Waals surface area (Å²) in [6.45, 7) is 2.85. The van der Waals surface area contributed by atoms with Crippen molar-refractivity contribution in [3.8, 4) is 0 Å². The van der Waals surface area contributed by atoms with E-state index < -0.39 is 5.60 Å². The molecule has 4 heteroatoms. The third-order valence-electron chi connectivity index (χ3n) is 3.46. The fraction of sp³-hybridized carbons (Fsp3) is 0.400. The van der Waals surface area contributed by atoms with Gasteiger partial charge in [0, 0.05) is 24.7 Å². The number of rotatable bonds is 2. The Kier molecular flexibility index (Phi) is 4.00. The van der Waals surface area contributed by atoms with Crippen molar-refractivity contribution in [2.75, 3.05) is 13.1 Å². The molecule has 1 saturated heterocycles. The van der Waals surface area contributed by atoms with Gasteiger partial charge in [0.05, 0.1) is 5.60 Å². The van der Waals surface area contributed by atoms with Gasteiger partial charge in [0.1, 0.15) is 5.82 Å². The molecule has 102 valence electrons. The van der Waals surface area contributed by atoms with Crippen LogP contribution in [0, 0.1) is 5.82 Å². The van der Waals surface area contributed by atoms with E-state index in [0.717, 1.165) is 0 Å². The largest absolute Gasteiger partial charge is 0.390 e. The Hall–Kier alpha value is -1.68. The average molecular weight is 263 g/mol. The highest BCUT2D eigenvalue weighted by atomic mass is 19.1. The predicted octanol–water partition coefficient (Wildman–Crippen LogP) is 2.21. The molecule has 1 aliphatic heterocycles. The Morgan fingerprint density at radius 2 is 2.00 bits per heavy atom. The van der Waals surface area contributed by atoms with Crippen LogP contribution in [0.5, 0.6) is 0 Å². The topological polar surface area (TPSA) is 40.5 Å². The number of benzene rings is 1. The van der Waals surface area contributed by atoms with E-state index in [-0.39, 0.29) is 11.7 Å². The highest BCUT2D eigenvalue weighted by Crippen LogP contribution is 2.21. The maximum Gasteiger partial charge on any atom is 0.246 e. The lowest BCUT2D eigenvalue weighted by molar-refractivity contribution is -0.129. The van der Waals surface area contributed by atoms with Gasteiger partial charge in [-0.25, -0.2) is 4.39 Å². The van der Waals surface area contributed by atoms with Crippen molar-refractivity contribution in [3.63, 3.8) is 0 Å². The molecule has 0 bridgehead atoms. The fourth-order valence-electron chi connectivity index (χ4n) is 2.09. The average Bonchev–Trinajstić information content (AvgIpc) is 2.37. The molecule has 1 heterocycles. The lowest BCUT2D eigenvalue weighted by Gasteiger charge is -2.35. The third kappa shape index (κ3) is 3.64. The number of likely N-dealkylation sites (tertiary alicyclic amines) is 1. The molecule has 2 rings (SSSR count). The Morgan fingerprint density at radius 1 is 1.37 bits per heavy atom. The molecule has 0 radical (unpaired) electrons. The van der Waals surface area contributed by atoms with Crippen LogP contribution in [0.4, 0.5) is 4.39 Å². The second-order valence-corrected chi connectivity index (χ2v) is 5.18. The number of hydrogen-bond acceptors (Lipinski definition) is 2. The summed E-state index contributed by atoms with van der Waals surface area (Å²) in [4.78, 5) is 13.6. The minimum absolute atomic E-state index is 0.140. The first-order valence-corrected chi connectivity index (χ1v) is 6.42. The van der Waals surface area contributed by atoms with Crippen molar-refractivity contribution in [3.05, 3.63) is 41.7 Å². The second kappa shape index (κ2) is 5.53. The first kappa shape index (κ1) is 13.7. The van der Waals surface area contributed by atoms with Crippen LogP contribution < -0.4 is 0 Å². The monoisotopic (exact) mass is 263 g/mol. The van der Waals surface area contributed by atoms with Gasteiger partial charge in [-0.05, 0) is 31.9 Å². The van der Waals surface area contributed by atoms with Crippen molar-refractivity contribution >= 4 is 12.0 Å². The van der Waals surface area contributed by atoms with Crippen LogP contribution in [0.25, 0.3) is 6.08 Å². The standard InChI is InChI=1S/C15H18FNO2/c1-15(19)8-10-17(11-9-15)14(18)7-6-12-4-2-3-5-13(12)16/h2-7,19H,8-11H2,1H3/b7-6+. The highest BCUT2D eigenvalue weighted by molar-refractivity contribution is 5.91. The molecule has 1 N–H and O–H groups in total. The quantitative estimate of drug-likeness (QED) is 0.831. The van der Waals surface area contributed by atoms with Crippen molar-refractivity contribution < 1.29 is 14.3 Å². The van der Waals surface area contributed by atoms with E-state index in [0.29, 0.717) is 31.5 Å². The summed E-state index contributed by atoms with van der Waals surface area (Å²) in [5.41, 5.74) is -0.272. The SMILES string of the molecule is CC1(O)CCN(C(=O)/C=C/c2ccccc2F)CC1. The summed E-state index contributed by atoms with van der Waals surface area (Å²) in [5.74, 6) is -0.480. The van der Waals surface area contributed by atoms with Crippen molar-refractivity contribution in [1.82, 2.24) is 4.90 Å². The number of nitrogens with zero attached hydrogens (tertiary/aromatic N) is 1. The molecular weight excluding hydrogens is 245 g/mol. The molecule has 19 heavy (non-hydrogen) atoms. The minimum Gasteiger partial charge on any atom is -0.390 e. The number of halogens is 1. The summed E-state index contributed by atoms with van der Waals surface area (Å²) in [5, 5.41) is 9.81. The number of piperidine rings is 1. The van der Waals surface area contributed by atoms with E-state index >= 15 is 0 Å². The Bertz CT molecular complexity index is 487. The molecule has 0 atom stereocenters. The molecule has 0 unspecified atom stereocenters. The molecule has 1 amide bonds. The zero-order valence-electron chi connectivity index (χ0n) is 11.0. The molecule has 1 aliphatic rings. The molecule has 0 saturated carbocycles. The van der Waals surface area contributed by atoms with E-state index in [9.17, 15) is 14.3 Å². The molecule has 0 aliphatic carbocycles. The lowest BCUT2D eigenvalue weighted by atomic mass is 9.94. The summed E-state index contributed by atoms with van der Waals surface area (Å²) in [6, 6.07) is 6.33. The molecule has 1 fully saturated rings. The fourth-order valence-corrected chi connectivity index (χ4v) is 2.09. The highest BCUT2D eigenvalue weighted by Gasteiger charge is 2.28. The van der Waals surface area contributed by atoms with Crippen molar-refractivity contribution in [1.29, 1.82) is 0 Å². The second-order valence-electron chi connectivity index (χ2n) is 5.18. The van der Waals surface area contributed by atoms with Gasteiger partial charge >= 0.3 is 0 Å². The van der Waals surface area contributed by atoms with Gasteiger partial charge < -0.3 is 10.0 Å².